The Kier molecular flexibility index (Phi) is 5.53. The third kappa shape index (κ3) is 4.27. The zero-order valence-corrected chi connectivity index (χ0v) is 16.0. The lowest BCUT2D eigenvalue weighted by Gasteiger charge is -2.34. The summed E-state index contributed by atoms with van der Waals surface area (Å²) in [6, 6.07) is 10.5. The number of carbonyl (C=O) groups excluding carboxylic acids is 2. The quantitative estimate of drug-likeness (QED) is 0.588. The SMILES string of the molecule is O=C(CN1CCN(C(=O)CCn2cnc3ccccc3c2=O)CC1)c1ccco1. The van der Waals surface area contributed by atoms with Crippen molar-refractivity contribution in [2.24, 2.45) is 0 Å². The highest BCUT2D eigenvalue weighted by atomic mass is 16.3. The molecule has 150 valence electrons. The molecule has 0 bridgehead atoms. The van der Waals surface area contributed by atoms with E-state index in [1.54, 1.807) is 35.2 Å². The molecule has 0 spiro atoms. The van der Waals surface area contributed by atoms with Crippen molar-refractivity contribution in [1.82, 2.24) is 19.4 Å². The summed E-state index contributed by atoms with van der Waals surface area (Å²) in [4.78, 5) is 45.3. The number of aromatic nitrogens is 2. The zero-order chi connectivity index (χ0) is 20.2. The van der Waals surface area contributed by atoms with E-state index >= 15 is 0 Å². The van der Waals surface area contributed by atoms with Crippen LogP contribution in [0.25, 0.3) is 10.9 Å². The van der Waals surface area contributed by atoms with Crippen LogP contribution in [0.3, 0.4) is 0 Å². The summed E-state index contributed by atoms with van der Waals surface area (Å²) in [6.07, 6.45) is 3.22. The molecule has 1 saturated heterocycles. The predicted octanol–water partition coefficient (Wildman–Crippen LogP) is 1.41. The fourth-order valence-corrected chi connectivity index (χ4v) is 3.51. The molecule has 8 nitrogen and oxygen atoms in total. The minimum absolute atomic E-state index is 0.00192. The molecule has 1 aliphatic rings. The number of amides is 1. The number of fused-ring (bicyclic) bond motifs is 1. The van der Waals surface area contributed by atoms with E-state index in [2.05, 4.69) is 4.98 Å². The van der Waals surface area contributed by atoms with E-state index in [9.17, 15) is 14.4 Å². The summed E-state index contributed by atoms with van der Waals surface area (Å²) in [5.74, 6) is 0.304. The van der Waals surface area contributed by atoms with E-state index in [1.807, 2.05) is 11.0 Å². The molecule has 0 aliphatic carbocycles. The Bertz CT molecular complexity index is 1070. The van der Waals surface area contributed by atoms with Crippen molar-refractivity contribution in [1.29, 1.82) is 0 Å². The topological polar surface area (TPSA) is 88.7 Å². The largest absolute Gasteiger partial charge is 0.461 e. The molecule has 3 aromatic rings. The number of nitrogens with zero attached hydrogens (tertiary/aromatic N) is 4. The van der Waals surface area contributed by atoms with Crippen LogP contribution in [0.15, 0.2) is 58.2 Å². The highest BCUT2D eigenvalue weighted by Gasteiger charge is 2.23. The van der Waals surface area contributed by atoms with E-state index in [1.165, 1.54) is 17.2 Å². The second-order valence-corrected chi connectivity index (χ2v) is 7.07. The summed E-state index contributed by atoms with van der Waals surface area (Å²) < 4.78 is 6.62. The van der Waals surface area contributed by atoms with Crippen molar-refractivity contribution in [3.63, 3.8) is 0 Å². The monoisotopic (exact) mass is 394 g/mol. The van der Waals surface area contributed by atoms with Crippen LogP contribution < -0.4 is 5.56 Å². The number of Topliss-reactive ketones (excluding diaryl/α,β-unsaturated/α-hetero) is 1. The lowest BCUT2D eigenvalue weighted by molar-refractivity contribution is -0.133. The number of ketones is 1. The van der Waals surface area contributed by atoms with Gasteiger partial charge in [0.25, 0.3) is 5.56 Å². The molecule has 1 amide bonds. The van der Waals surface area contributed by atoms with Crippen LogP contribution in [0.2, 0.25) is 0 Å². The number of hydrogen-bond acceptors (Lipinski definition) is 6. The molecule has 2 aromatic heterocycles. The Balaban J connectivity index is 1.29. The molecule has 4 rings (SSSR count). The number of hydrogen-bond donors (Lipinski definition) is 0. The number of benzene rings is 1. The van der Waals surface area contributed by atoms with E-state index in [0.717, 1.165) is 0 Å². The van der Waals surface area contributed by atoms with Gasteiger partial charge in [0.05, 0.1) is 30.0 Å². The van der Waals surface area contributed by atoms with Crippen LogP contribution >= 0.6 is 0 Å². The average Bonchev–Trinajstić information content (AvgIpc) is 3.29. The summed E-state index contributed by atoms with van der Waals surface area (Å²) in [5, 5.41) is 0.553. The van der Waals surface area contributed by atoms with E-state index < -0.39 is 0 Å². The molecule has 0 N–H and O–H groups in total. The van der Waals surface area contributed by atoms with Crippen LogP contribution in [-0.2, 0) is 11.3 Å². The molecule has 0 atom stereocenters. The molecule has 1 aromatic carbocycles. The van der Waals surface area contributed by atoms with Crippen LogP contribution in [-0.4, -0.2) is 63.8 Å². The van der Waals surface area contributed by atoms with E-state index in [0.29, 0.717) is 49.4 Å². The van der Waals surface area contributed by atoms with Gasteiger partial charge in [-0.05, 0) is 24.3 Å². The highest BCUT2D eigenvalue weighted by molar-refractivity contribution is 5.95. The molecular weight excluding hydrogens is 372 g/mol. The Labute approximate surface area is 167 Å². The van der Waals surface area contributed by atoms with Gasteiger partial charge < -0.3 is 9.32 Å². The summed E-state index contributed by atoms with van der Waals surface area (Å²) in [7, 11) is 0. The number of rotatable bonds is 6. The lowest BCUT2D eigenvalue weighted by atomic mass is 10.2. The van der Waals surface area contributed by atoms with Gasteiger partial charge in [-0.25, -0.2) is 4.98 Å². The fourth-order valence-electron chi connectivity index (χ4n) is 3.51. The van der Waals surface area contributed by atoms with Gasteiger partial charge >= 0.3 is 0 Å². The van der Waals surface area contributed by atoms with Crippen molar-refractivity contribution < 1.29 is 14.0 Å². The highest BCUT2D eigenvalue weighted by Crippen LogP contribution is 2.09. The molecule has 8 heteroatoms. The van der Waals surface area contributed by atoms with Crippen LogP contribution in [0, 0.1) is 0 Å². The van der Waals surface area contributed by atoms with Crippen molar-refractivity contribution in [3.05, 3.63) is 65.1 Å². The normalized spacial score (nSPS) is 15.0. The Hall–Kier alpha value is -3.26. The number of carbonyl (C=O) groups is 2. The van der Waals surface area contributed by atoms with Gasteiger partial charge in [0.15, 0.2) is 5.76 Å². The van der Waals surface area contributed by atoms with Gasteiger partial charge in [0.2, 0.25) is 11.7 Å². The Morgan fingerprint density at radius 1 is 1.03 bits per heavy atom. The van der Waals surface area contributed by atoms with Crippen molar-refractivity contribution in [2.45, 2.75) is 13.0 Å². The van der Waals surface area contributed by atoms with Crippen LogP contribution in [0.5, 0.6) is 0 Å². The molecule has 3 heterocycles. The van der Waals surface area contributed by atoms with E-state index in [4.69, 9.17) is 4.42 Å². The molecule has 1 aliphatic heterocycles. The maximum absolute atomic E-state index is 12.6. The third-order valence-electron chi connectivity index (χ3n) is 5.19. The fraction of sp³-hybridized carbons (Fsp3) is 0.333. The molecule has 0 unspecified atom stereocenters. The standard InChI is InChI=1S/C21H22N4O4/c26-18(19-6-3-13-29-19)14-23-9-11-24(12-10-23)20(27)7-8-25-15-22-17-5-2-1-4-16(17)21(25)28/h1-6,13,15H,7-12,14H2. The first kappa shape index (κ1) is 19.1. The molecular formula is C21H22N4O4. The first-order valence-electron chi connectivity index (χ1n) is 9.63. The summed E-state index contributed by atoms with van der Waals surface area (Å²) in [5.41, 5.74) is 0.518. The number of aryl methyl sites for hydroxylation is 1. The van der Waals surface area contributed by atoms with Gasteiger partial charge in [-0.2, -0.15) is 0 Å². The Morgan fingerprint density at radius 3 is 2.59 bits per heavy atom. The molecule has 29 heavy (non-hydrogen) atoms. The maximum atomic E-state index is 12.6. The van der Waals surface area contributed by atoms with Crippen molar-refractivity contribution >= 4 is 22.6 Å². The van der Waals surface area contributed by atoms with Gasteiger partial charge in [0, 0.05) is 39.1 Å². The Morgan fingerprint density at radius 2 is 1.83 bits per heavy atom. The predicted molar refractivity (Wildman–Crippen MR) is 107 cm³/mol. The zero-order valence-electron chi connectivity index (χ0n) is 16.0. The summed E-state index contributed by atoms with van der Waals surface area (Å²) >= 11 is 0. The summed E-state index contributed by atoms with van der Waals surface area (Å²) in [6.45, 7) is 2.98. The van der Waals surface area contributed by atoms with Crippen LogP contribution in [0.1, 0.15) is 17.0 Å². The third-order valence-corrected chi connectivity index (χ3v) is 5.19. The van der Waals surface area contributed by atoms with Crippen molar-refractivity contribution in [3.8, 4) is 0 Å². The minimum Gasteiger partial charge on any atom is -0.461 e. The number of piperazine rings is 1. The van der Waals surface area contributed by atoms with Crippen molar-refractivity contribution in [2.75, 3.05) is 32.7 Å². The van der Waals surface area contributed by atoms with Gasteiger partial charge in [-0.15, -0.1) is 0 Å². The van der Waals surface area contributed by atoms with Gasteiger partial charge in [-0.1, -0.05) is 12.1 Å². The first-order chi connectivity index (χ1) is 14.1. The van der Waals surface area contributed by atoms with E-state index in [-0.39, 0.29) is 30.2 Å². The lowest BCUT2D eigenvalue weighted by Crippen LogP contribution is -2.50. The molecule has 0 saturated carbocycles. The second-order valence-electron chi connectivity index (χ2n) is 7.07. The van der Waals surface area contributed by atoms with Gasteiger partial charge in [0.1, 0.15) is 0 Å². The maximum Gasteiger partial charge on any atom is 0.261 e. The van der Waals surface area contributed by atoms with Gasteiger partial charge in [-0.3, -0.25) is 23.9 Å². The first-order valence-corrected chi connectivity index (χ1v) is 9.63. The second kappa shape index (κ2) is 8.40. The molecule has 1 fully saturated rings. The molecule has 0 radical (unpaired) electrons. The smallest absolute Gasteiger partial charge is 0.261 e. The number of para-hydroxylation sites is 1. The number of furan rings is 1. The average molecular weight is 394 g/mol. The minimum atomic E-state index is -0.135. The van der Waals surface area contributed by atoms with Crippen LogP contribution in [0.4, 0.5) is 0 Å².